The molecule has 1 aromatic heterocycles. The normalized spacial score (nSPS) is 20.7. The number of rotatable bonds is 2. The molecular formula is C7H9N5O2S. The molecule has 8 heteroatoms. The molecule has 1 atom stereocenters. The summed E-state index contributed by atoms with van der Waals surface area (Å²) < 4.78 is 1.57. The Morgan fingerprint density at radius 1 is 1.53 bits per heavy atom. The van der Waals surface area contributed by atoms with Gasteiger partial charge in [0, 0.05) is 13.5 Å². The molecule has 1 aliphatic heterocycles. The third-order valence-electron chi connectivity index (χ3n) is 2.04. The monoisotopic (exact) mass is 227 g/mol. The Balaban J connectivity index is 2.12. The van der Waals surface area contributed by atoms with Crippen molar-refractivity contribution in [2.75, 3.05) is 5.73 Å². The summed E-state index contributed by atoms with van der Waals surface area (Å²) in [6, 6.07) is 0. The number of aromatic nitrogens is 3. The molecule has 80 valence electrons. The van der Waals surface area contributed by atoms with E-state index in [1.165, 1.54) is 11.8 Å². The van der Waals surface area contributed by atoms with Crippen LogP contribution < -0.4 is 11.1 Å². The minimum Gasteiger partial charge on any atom is -0.368 e. The van der Waals surface area contributed by atoms with Crippen LogP contribution in [0.5, 0.6) is 0 Å². The number of carbonyl (C=O) groups is 2. The molecule has 1 aliphatic rings. The average Bonchev–Trinajstić information content (AvgIpc) is 2.64. The summed E-state index contributed by atoms with van der Waals surface area (Å²) >= 11 is 1.19. The van der Waals surface area contributed by atoms with Crippen LogP contribution in [0.4, 0.5) is 5.95 Å². The fraction of sp³-hybridized carbons (Fsp3) is 0.429. The fourth-order valence-electron chi connectivity index (χ4n) is 1.18. The van der Waals surface area contributed by atoms with Crippen LogP contribution in [0.15, 0.2) is 5.16 Å². The molecule has 0 radical (unpaired) electrons. The maximum atomic E-state index is 11.3. The van der Waals surface area contributed by atoms with E-state index in [4.69, 9.17) is 5.73 Å². The van der Waals surface area contributed by atoms with Gasteiger partial charge in [-0.2, -0.15) is 0 Å². The number of nitrogens with one attached hydrogen (secondary N) is 1. The summed E-state index contributed by atoms with van der Waals surface area (Å²) in [6.07, 6.45) is 0.177. The number of imide groups is 1. The van der Waals surface area contributed by atoms with Gasteiger partial charge in [-0.1, -0.05) is 11.8 Å². The highest BCUT2D eigenvalue weighted by atomic mass is 32.2. The first-order chi connectivity index (χ1) is 7.08. The zero-order chi connectivity index (χ0) is 11.0. The lowest BCUT2D eigenvalue weighted by molar-refractivity contribution is -0.124. The van der Waals surface area contributed by atoms with Crippen molar-refractivity contribution in [1.82, 2.24) is 20.1 Å². The molecule has 1 saturated heterocycles. The molecule has 1 unspecified atom stereocenters. The van der Waals surface area contributed by atoms with Gasteiger partial charge in [-0.15, -0.1) is 10.2 Å². The highest BCUT2D eigenvalue weighted by Crippen LogP contribution is 2.26. The first-order valence-electron chi connectivity index (χ1n) is 4.23. The molecule has 0 aliphatic carbocycles. The van der Waals surface area contributed by atoms with Gasteiger partial charge in [0.15, 0.2) is 5.16 Å². The second-order valence-corrected chi connectivity index (χ2v) is 4.29. The third kappa shape index (κ3) is 1.80. The van der Waals surface area contributed by atoms with Crippen LogP contribution in [-0.4, -0.2) is 31.8 Å². The van der Waals surface area contributed by atoms with E-state index in [9.17, 15) is 9.59 Å². The molecule has 2 amide bonds. The number of hydrogen-bond acceptors (Lipinski definition) is 6. The lowest BCUT2D eigenvalue weighted by Crippen LogP contribution is -2.23. The molecule has 1 fully saturated rings. The van der Waals surface area contributed by atoms with Gasteiger partial charge in [-0.3, -0.25) is 19.5 Å². The van der Waals surface area contributed by atoms with E-state index in [0.29, 0.717) is 5.16 Å². The minimum atomic E-state index is -0.431. The highest BCUT2D eigenvalue weighted by molar-refractivity contribution is 8.00. The summed E-state index contributed by atoms with van der Waals surface area (Å²) in [6.45, 7) is 0. The molecule has 2 heterocycles. The van der Waals surface area contributed by atoms with Crippen LogP contribution in [0.2, 0.25) is 0 Å². The van der Waals surface area contributed by atoms with E-state index >= 15 is 0 Å². The van der Waals surface area contributed by atoms with Crippen molar-refractivity contribution >= 4 is 29.5 Å². The predicted octanol–water partition coefficient (Wildman–Crippen LogP) is -1.10. The topological polar surface area (TPSA) is 103 Å². The fourth-order valence-corrected chi connectivity index (χ4v) is 2.18. The van der Waals surface area contributed by atoms with E-state index in [-0.39, 0.29) is 24.2 Å². The van der Waals surface area contributed by atoms with Gasteiger partial charge >= 0.3 is 0 Å². The summed E-state index contributed by atoms with van der Waals surface area (Å²) in [5.41, 5.74) is 5.49. The van der Waals surface area contributed by atoms with Crippen LogP contribution >= 0.6 is 11.8 Å². The molecule has 15 heavy (non-hydrogen) atoms. The van der Waals surface area contributed by atoms with Crippen molar-refractivity contribution in [1.29, 1.82) is 0 Å². The number of nitrogens with zero attached hydrogens (tertiary/aromatic N) is 3. The zero-order valence-corrected chi connectivity index (χ0v) is 8.74. The first kappa shape index (κ1) is 9.97. The molecule has 0 saturated carbocycles. The Hall–Kier alpha value is -1.57. The van der Waals surface area contributed by atoms with Crippen molar-refractivity contribution in [3.8, 4) is 0 Å². The Labute approximate surface area is 89.4 Å². The van der Waals surface area contributed by atoms with Gasteiger partial charge in [-0.25, -0.2) is 0 Å². The molecular weight excluding hydrogens is 218 g/mol. The molecule has 2 rings (SSSR count). The quantitative estimate of drug-likeness (QED) is 0.622. The van der Waals surface area contributed by atoms with Gasteiger partial charge in [-0.05, 0) is 0 Å². The van der Waals surface area contributed by atoms with Crippen LogP contribution in [0.25, 0.3) is 0 Å². The molecule has 0 bridgehead atoms. The molecule has 3 N–H and O–H groups in total. The number of carbonyl (C=O) groups excluding carboxylic acids is 2. The van der Waals surface area contributed by atoms with Crippen molar-refractivity contribution in [2.24, 2.45) is 7.05 Å². The van der Waals surface area contributed by atoms with Crippen LogP contribution in [0.3, 0.4) is 0 Å². The number of nitrogens with two attached hydrogens (primary N) is 1. The van der Waals surface area contributed by atoms with E-state index in [1.54, 1.807) is 11.6 Å². The van der Waals surface area contributed by atoms with Gasteiger partial charge in [0.05, 0.1) is 0 Å². The second kappa shape index (κ2) is 3.54. The number of thioether (sulfide) groups is 1. The summed E-state index contributed by atoms with van der Waals surface area (Å²) in [4.78, 5) is 22.2. The second-order valence-electron chi connectivity index (χ2n) is 3.12. The van der Waals surface area contributed by atoms with Crippen molar-refractivity contribution < 1.29 is 9.59 Å². The van der Waals surface area contributed by atoms with Crippen LogP contribution in [-0.2, 0) is 16.6 Å². The SMILES string of the molecule is Cn1c(N)nnc1SC1CC(=O)NC1=O. The Morgan fingerprint density at radius 3 is 2.73 bits per heavy atom. The van der Waals surface area contributed by atoms with Crippen LogP contribution in [0, 0.1) is 0 Å². The molecule has 0 spiro atoms. The zero-order valence-electron chi connectivity index (χ0n) is 7.93. The van der Waals surface area contributed by atoms with Crippen LogP contribution in [0.1, 0.15) is 6.42 Å². The molecule has 1 aromatic rings. The van der Waals surface area contributed by atoms with Crippen molar-refractivity contribution in [3.63, 3.8) is 0 Å². The minimum absolute atomic E-state index is 0.177. The molecule has 7 nitrogen and oxygen atoms in total. The predicted molar refractivity (Wildman–Crippen MR) is 52.8 cm³/mol. The number of nitrogen functional groups attached to an aromatic ring is 1. The lowest BCUT2D eigenvalue weighted by Gasteiger charge is -2.04. The van der Waals surface area contributed by atoms with Gasteiger partial charge in [0.25, 0.3) is 0 Å². The van der Waals surface area contributed by atoms with E-state index < -0.39 is 5.25 Å². The number of amides is 2. The maximum Gasteiger partial charge on any atom is 0.240 e. The number of hydrogen-bond donors (Lipinski definition) is 2. The third-order valence-corrected chi connectivity index (χ3v) is 3.27. The maximum absolute atomic E-state index is 11.3. The van der Waals surface area contributed by atoms with E-state index in [1.807, 2.05) is 0 Å². The summed E-state index contributed by atoms with van der Waals surface area (Å²) in [5.74, 6) is -0.263. The standard InChI is InChI=1S/C7H9N5O2S/c1-12-6(8)10-11-7(12)15-3-2-4(13)9-5(3)14/h3H,2H2,1H3,(H2,8,10)(H,9,13,14). The molecule has 0 aromatic carbocycles. The van der Waals surface area contributed by atoms with Crippen molar-refractivity contribution in [3.05, 3.63) is 0 Å². The smallest absolute Gasteiger partial charge is 0.240 e. The van der Waals surface area contributed by atoms with Gasteiger partial charge in [0.2, 0.25) is 17.8 Å². The highest BCUT2D eigenvalue weighted by Gasteiger charge is 2.32. The van der Waals surface area contributed by atoms with E-state index in [0.717, 1.165) is 0 Å². The van der Waals surface area contributed by atoms with Crippen molar-refractivity contribution in [2.45, 2.75) is 16.8 Å². The Morgan fingerprint density at radius 2 is 2.27 bits per heavy atom. The summed E-state index contributed by atoms with van der Waals surface area (Å²) in [7, 11) is 1.70. The van der Waals surface area contributed by atoms with Gasteiger partial charge in [0.1, 0.15) is 5.25 Å². The average molecular weight is 227 g/mol. The van der Waals surface area contributed by atoms with Gasteiger partial charge < -0.3 is 5.73 Å². The number of anilines is 1. The Bertz CT molecular complexity index is 429. The largest absolute Gasteiger partial charge is 0.368 e. The summed E-state index contributed by atoms with van der Waals surface area (Å²) in [5, 5.41) is 9.78. The lowest BCUT2D eigenvalue weighted by atomic mass is 10.4. The van der Waals surface area contributed by atoms with E-state index in [2.05, 4.69) is 15.5 Å². The Kier molecular flexibility index (Phi) is 2.35. The first-order valence-corrected chi connectivity index (χ1v) is 5.11.